The van der Waals surface area contributed by atoms with Crippen molar-refractivity contribution in [3.8, 4) is 5.75 Å². The van der Waals surface area contributed by atoms with Crippen LogP contribution in [0.4, 0.5) is 5.13 Å². The maximum Gasteiger partial charge on any atom is 0.238 e. The van der Waals surface area contributed by atoms with Gasteiger partial charge in [0.05, 0.1) is 11.5 Å². The van der Waals surface area contributed by atoms with Gasteiger partial charge in [-0.1, -0.05) is 29.2 Å². The highest BCUT2D eigenvalue weighted by atomic mass is 32.2. The number of thiophene rings is 1. The Bertz CT molecular complexity index is 940. The number of nitrogens with two attached hydrogens (primary N) is 1. The molecule has 0 saturated heterocycles. The van der Waals surface area contributed by atoms with Crippen molar-refractivity contribution >= 4 is 49.6 Å². The summed E-state index contributed by atoms with van der Waals surface area (Å²) < 4.78 is 28.9. The molecule has 3 rings (SSSR count). The van der Waals surface area contributed by atoms with Gasteiger partial charge in [-0.3, -0.25) is 0 Å². The SMILES string of the molecule is NS(=O)(=O)c1ccc(OCCSc2nnc(NCCc3cccs3)s2)cc1. The summed E-state index contributed by atoms with van der Waals surface area (Å²) in [5.74, 6) is 1.30. The standard InChI is InChI=1S/C16H18N4O3S4/c17-27(21,22)14-5-3-12(4-6-14)23-9-11-25-16-20-19-15(26-16)18-8-7-13-2-1-10-24-13/h1-6,10H,7-9,11H2,(H,18,19)(H2,17,21,22). The Hall–Kier alpha value is -1.66. The Morgan fingerprint density at radius 3 is 2.70 bits per heavy atom. The fourth-order valence-electron chi connectivity index (χ4n) is 2.10. The predicted molar refractivity (Wildman–Crippen MR) is 110 cm³/mol. The summed E-state index contributed by atoms with van der Waals surface area (Å²) in [6.07, 6.45) is 0.970. The number of rotatable bonds is 10. The molecular formula is C16H18N4O3S4. The maximum absolute atomic E-state index is 11.2. The topological polar surface area (TPSA) is 107 Å². The molecule has 0 unspecified atom stereocenters. The minimum absolute atomic E-state index is 0.0668. The minimum Gasteiger partial charge on any atom is -0.493 e. The van der Waals surface area contributed by atoms with Crippen molar-refractivity contribution in [2.75, 3.05) is 24.2 Å². The molecule has 11 heteroatoms. The Labute approximate surface area is 170 Å². The average Bonchev–Trinajstić information content (AvgIpc) is 3.31. The van der Waals surface area contributed by atoms with E-state index in [-0.39, 0.29) is 4.90 Å². The number of ether oxygens (including phenoxy) is 1. The van der Waals surface area contributed by atoms with Gasteiger partial charge in [0.15, 0.2) is 4.34 Å². The van der Waals surface area contributed by atoms with Crippen LogP contribution < -0.4 is 15.2 Å². The molecule has 2 aromatic heterocycles. The lowest BCUT2D eigenvalue weighted by Gasteiger charge is -2.05. The molecule has 0 atom stereocenters. The van der Waals surface area contributed by atoms with Crippen LogP contribution in [0.15, 0.2) is 51.0 Å². The molecule has 27 heavy (non-hydrogen) atoms. The van der Waals surface area contributed by atoms with Crippen LogP contribution in [0.5, 0.6) is 5.75 Å². The zero-order valence-electron chi connectivity index (χ0n) is 14.2. The summed E-state index contributed by atoms with van der Waals surface area (Å²) in [6, 6.07) is 10.2. The third-order valence-corrected chi connectivity index (χ3v) is 7.21. The highest BCUT2D eigenvalue weighted by Gasteiger charge is 2.08. The Balaban J connectivity index is 1.36. The molecule has 3 N–H and O–H groups in total. The monoisotopic (exact) mass is 442 g/mol. The molecule has 3 aromatic rings. The fraction of sp³-hybridized carbons (Fsp3) is 0.250. The fourth-order valence-corrected chi connectivity index (χ4v) is 4.99. The van der Waals surface area contributed by atoms with E-state index < -0.39 is 10.0 Å². The van der Waals surface area contributed by atoms with Gasteiger partial charge in [-0.25, -0.2) is 13.6 Å². The molecule has 0 spiro atoms. The molecule has 1 aromatic carbocycles. The number of nitrogens with one attached hydrogen (secondary N) is 1. The number of anilines is 1. The molecule has 2 heterocycles. The number of hydrogen-bond donors (Lipinski definition) is 2. The molecule has 0 fully saturated rings. The molecule has 0 aliphatic rings. The summed E-state index contributed by atoms with van der Waals surface area (Å²) in [7, 11) is -3.68. The first-order valence-electron chi connectivity index (χ1n) is 7.99. The third-order valence-electron chi connectivity index (χ3n) is 3.36. The quantitative estimate of drug-likeness (QED) is 0.367. The van der Waals surface area contributed by atoms with E-state index in [2.05, 4.69) is 33.0 Å². The normalized spacial score (nSPS) is 11.4. The average molecular weight is 443 g/mol. The number of primary sulfonamides is 1. The second kappa shape index (κ2) is 9.51. The van der Waals surface area contributed by atoms with Crippen LogP contribution in [0.2, 0.25) is 0 Å². The molecule has 0 aliphatic heterocycles. The summed E-state index contributed by atoms with van der Waals surface area (Å²) in [5, 5.41) is 19.5. The smallest absolute Gasteiger partial charge is 0.238 e. The molecule has 0 bridgehead atoms. The lowest BCUT2D eigenvalue weighted by atomic mass is 10.3. The van der Waals surface area contributed by atoms with Crippen LogP contribution in [-0.2, 0) is 16.4 Å². The van der Waals surface area contributed by atoms with Gasteiger partial charge in [0.25, 0.3) is 0 Å². The number of hydrogen-bond acceptors (Lipinski definition) is 9. The van der Waals surface area contributed by atoms with Gasteiger partial charge in [-0.15, -0.1) is 21.5 Å². The highest BCUT2D eigenvalue weighted by Crippen LogP contribution is 2.25. The first kappa shape index (κ1) is 20.1. The summed E-state index contributed by atoms with van der Waals surface area (Å²) in [6.45, 7) is 1.30. The van der Waals surface area contributed by atoms with Crippen LogP contribution >= 0.6 is 34.4 Å². The molecular weight excluding hydrogens is 424 g/mol. The molecule has 0 radical (unpaired) electrons. The zero-order chi connectivity index (χ0) is 19.1. The van der Waals surface area contributed by atoms with Crippen molar-refractivity contribution in [2.45, 2.75) is 15.7 Å². The molecule has 144 valence electrons. The molecule has 0 saturated carbocycles. The van der Waals surface area contributed by atoms with Crippen molar-refractivity contribution in [3.05, 3.63) is 46.7 Å². The number of aromatic nitrogens is 2. The summed E-state index contributed by atoms with van der Waals surface area (Å²) in [5.41, 5.74) is 0. The van der Waals surface area contributed by atoms with Crippen LogP contribution in [0.25, 0.3) is 0 Å². The van der Waals surface area contributed by atoms with E-state index in [9.17, 15) is 8.42 Å². The summed E-state index contributed by atoms with van der Waals surface area (Å²) in [4.78, 5) is 1.41. The van der Waals surface area contributed by atoms with Gasteiger partial charge >= 0.3 is 0 Å². The first-order valence-corrected chi connectivity index (χ1v) is 12.2. The van der Waals surface area contributed by atoms with Crippen molar-refractivity contribution < 1.29 is 13.2 Å². The van der Waals surface area contributed by atoms with Crippen molar-refractivity contribution in [1.82, 2.24) is 10.2 Å². The largest absolute Gasteiger partial charge is 0.493 e. The Morgan fingerprint density at radius 2 is 2.00 bits per heavy atom. The number of thioether (sulfide) groups is 1. The van der Waals surface area contributed by atoms with Crippen molar-refractivity contribution in [3.63, 3.8) is 0 Å². The molecule has 7 nitrogen and oxygen atoms in total. The van der Waals surface area contributed by atoms with Gasteiger partial charge in [0.1, 0.15) is 5.75 Å². The van der Waals surface area contributed by atoms with Gasteiger partial charge in [-0.05, 0) is 42.1 Å². The predicted octanol–water partition coefficient (Wildman–Crippen LogP) is 3.07. The Morgan fingerprint density at radius 1 is 1.19 bits per heavy atom. The van der Waals surface area contributed by atoms with E-state index in [1.807, 2.05) is 0 Å². The lowest BCUT2D eigenvalue weighted by Crippen LogP contribution is -2.11. The number of nitrogens with zero attached hydrogens (tertiary/aromatic N) is 2. The van der Waals surface area contributed by atoms with Crippen LogP contribution in [0.1, 0.15) is 4.88 Å². The lowest BCUT2D eigenvalue weighted by molar-refractivity contribution is 0.343. The molecule has 0 amide bonds. The van der Waals surface area contributed by atoms with E-state index in [1.54, 1.807) is 35.2 Å². The first-order chi connectivity index (χ1) is 13.0. The molecule has 0 aliphatic carbocycles. The van der Waals surface area contributed by atoms with E-state index in [4.69, 9.17) is 9.88 Å². The highest BCUT2D eigenvalue weighted by molar-refractivity contribution is 8.01. The second-order valence-corrected chi connectivity index (χ2v) is 10.3. The van der Waals surface area contributed by atoms with Crippen molar-refractivity contribution in [1.29, 1.82) is 0 Å². The van der Waals surface area contributed by atoms with Gasteiger partial charge in [0, 0.05) is 17.2 Å². The van der Waals surface area contributed by atoms with Gasteiger partial charge in [0.2, 0.25) is 15.2 Å². The van der Waals surface area contributed by atoms with Gasteiger partial charge < -0.3 is 10.1 Å². The van der Waals surface area contributed by atoms with E-state index in [0.29, 0.717) is 18.1 Å². The zero-order valence-corrected chi connectivity index (χ0v) is 17.5. The van der Waals surface area contributed by atoms with Crippen LogP contribution in [-0.4, -0.2) is 37.5 Å². The van der Waals surface area contributed by atoms with Crippen LogP contribution in [0.3, 0.4) is 0 Å². The van der Waals surface area contributed by atoms with E-state index in [0.717, 1.165) is 22.4 Å². The number of benzene rings is 1. The summed E-state index contributed by atoms with van der Waals surface area (Å²) >= 11 is 4.83. The Kier molecular flexibility index (Phi) is 7.07. The second-order valence-electron chi connectivity index (χ2n) is 5.34. The maximum atomic E-state index is 11.2. The third kappa shape index (κ3) is 6.47. The van der Waals surface area contributed by atoms with Crippen molar-refractivity contribution in [2.24, 2.45) is 5.14 Å². The number of sulfonamides is 1. The van der Waals surface area contributed by atoms with Gasteiger partial charge in [-0.2, -0.15) is 0 Å². The van der Waals surface area contributed by atoms with E-state index in [1.165, 1.54) is 28.3 Å². The van der Waals surface area contributed by atoms with E-state index >= 15 is 0 Å². The van der Waals surface area contributed by atoms with Crippen LogP contribution in [0, 0.1) is 0 Å². The minimum atomic E-state index is -3.68.